The Bertz CT molecular complexity index is 698. The summed E-state index contributed by atoms with van der Waals surface area (Å²) < 4.78 is 0. The third kappa shape index (κ3) is 2.16. The van der Waals surface area contributed by atoms with E-state index in [1.54, 1.807) is 0 Å². The van der Waals surface area contributed by atoms with Crippen LogP contribution in [0.15, 0.2) is 12.1 Å². The van der Waals surface area contributed by atoms with Gasteiger partial charge in [-0.3, -0.25) is 0 Å². The Hall–Kier alpha value is -1.18. The van der Waals surface area contributed by atoms with Crippen molar-refractivity contribution < 1.29 is 10.2 Å². The maximum absolute atomic E-state index is 10.6. The summed E-state index contributed by atoms with van der Waals surface area (Å²) in [5.41, 5.74) is 3.53. The van der Waals surface area contributed by atoms with Gasteiger partial charge < -0.3 is 10.2 Å². The Kier molecular flexibility index (Phi) is 3.14. The van der Waals surface area contributed by atoms with Gasteiger partial charge in [0.05, 0.1) is 0 Å². The van der Waals surface area contributed by atoms with Crippen molar-refractivity contribution in [1.82, 2.24) is 0 Å². The normalized spacial score (nSPS) is 50.4. The van der Waals surface area contributed by atoms with E-state index in [4.69, 9.17) is 0 Å². The second-order valence-electron chi connectivity index (χ2n) is 12.3. The van der Waals surface area contributed by atoms with E-state index < -0.39 is 0 Å². The topological polar surface area (TPSA) is 40.5 Å². The van der Waals surface area contributed by atoms with Gasteiger partial charge in [0.15, 0.2) is 11.5 Å². The average Bonchev–Trinajstić information content (AvgIpc) is 2.61. The highest BCUT2D eigenvalue weighted by atomic mass is 16.3. The molecule has 2 heteroatoms. The van der Waals surface area contributed by atoms with Crippen molar-refractivity contribution in [3.8, 4) is 11.5 Å². The Labute approximate surface area is 168 Å². The summed E-state index contributed by atoms with van der Waals surface area (Å²) in [6.45, 7) is 0. The lowest BCUT2D eigenvalue weighted by Gasteiger charge is -2.61. The van der Waals surface area contributed by atoms with Crippen LogP contribution in [0.25, 0.3) is 0 Å². The molecule has 1 aromatic carbocycles. The number of aromatic hydroxyl groups is 2. The molecule has 28 heavy (non-hydrogen) atoms. The highest BCUT2D eigenvalue weighted by molar-refractivity contribution is 5.53. The molecule has 8 fully saturated rings. The van der Waals surface area contributed by atoms with Crippen LogP contribution in [0.5, 0.6) is 11.5 Å². The first-order valence-electron chi connectivity index (χ1n) is 12.1. The molecular formula is C26H34O2. The fourth-order valence-electron chi connectivity index (χ4n) is 10.3. The minimum absolute atomic E-state index is 0.124. The maximum atomic E-state index is 10.6. The third-order valence-electron chi connectivity index (χ3n) is 10.3. The lowest BCUT2D eigenvalue weighted by molar-refractivity contribution is -0.0176. The van der Waals surface area contributed by atoms with Gasteiger partial charge >= 0.3 is 0 Å². The van der Waals surface area contributed by atoms with Crippen molar-refractivity contribution in [2.24, 2.45) is 35.5 Å². The van der Waals surface area contributed by atoms with Crippen molar-refractivity contribution in [3.63, 3.8) is 0 Å². The summed E-state index contributed by atoms with van der Waals surface area (Å²) in [6, 6.07) is 4.08. The lowest BCUT2D eigenvalue weighted by Crippen LogP contribution is -2.52. The van der Waals surface area contributed by atoms with Gasteiger partial charge in [-0.2, -0.15) is 0 Å². The van der Waals surface area contributed by atoms with Crippen LogP contribution in [0.3, 0.4) is 0 Å². The van der Waals surface area contributed by atoms with E-state index in [1.165, 1.54) is 88.2 Å². The van der Waals surface area contributed by atoms with E-state index in [9.17, 15) is 10.2 Å². The Balaban J connectivity index is 1.40. The summed E-state index contributed by atoms with van der Waals surface area (Å²) in [4.78, 5) is 0. The molecule has 0 spiro atoms. The van der Waals surface area contributed by atoms with Gasteiger partial charge in [-0.1, -0.05) is 0 Å². The van der Waals surface area contributed by atoms with E-state index in [0.717, 1.165) is 35.5 Å². The molecular weight excluding hydrogens is 344 g/mol. The number of phenols is 2. The highest BCUT2D eigenvalue weighted by Gasteiger charge is 2.56. The Morgan fingerprint density at radius 2 is 0.750 bits per heavy atom. The van der Waals surface area contributed by atoms with Crippen LogP contribution in [0.2, 0.25) is 0 Å². The quantitative estimate of drug-likeness (QED) is 0.617. The minimum Gasteiger partial charge on any atom is -0.504 e. The van der Waals surface area contributed by atoms with E-state index in [-0.39, 0.29) is 11.5 Å². The molecule has 8 bridgehead atoms. The SMILES string of the molecule is Oc1cc(C23CC4CC(CC(C4)C2)C3)c(C23CC4CC(CC(C4)C2)C3)cc1O. The molecule has 0 unspecified atom stereocenters. The standard InChI is InChI=1S/C26H34O2/c27-23-7-21(25-9-15-1-16(10-25)3-17(2-15)11-25)22(8-24(23)28)26-12-18-4-19(13-26)6-20(5-18)14-26/h7-8,15-20,27-28H,1-6,9-14H2. The highest BCUT2D eigenvalue weighted by Crippen LogP contribution is 2.66. The lowest BCUT2D eigenvalue weighted by atomic mass is 9.44. The van der Waals surface area contributed by atoms with Crippen LogP contribution < -0.4 is 0 Å². The first kappa shape index (κ1) is 16.6. The molecule has 8 aliphatic carbocycles. The Morgan fingerprint density at radius 1 is 0.500 bits per heavy atom. The van der Waals surface area contributed by atoms with Crippen molar-refractivity contribution in [1.29, 1.82) is 0 Å². The number of hydrogen-bond acceptors (Lipinski definition) is 2. The summed E-state index contributed by atoms with van der Waals surface area (Å²) >= 11 is 0. The Morgan fingerprint density at radius 3 is 1.00 bits per heavy atom. The molecule has 0 amide bonds. The van der Waals surface area contributed by atoms with E-state index in [0.29, 0.717) is 10.8 Å². The molecule has 9 rings (SSSR count). The zero-order valence-corrected chi connectivity index (χ0v) is 17.0. The van der Waals surface area contributed by atoms with Crippen LogP contribution in [0.1, 0.15) is 88.2 Å². The summed E-state index contributed by atoms with van der Waals surface area (Å²) in [5.74, 6) is 5.70. The fraction of sp³-hybridized carbons (Fsp3) is 0.769. The molecule has 0 heterocycles. The molecule has 0 radical (unpaired) electrons. The van der Waals surface area contributed by atoms with Crippen molar-refractivity contribution in [3.05, 3.63) is 23.3 Å². The molecule has 0 atom stereocenters. The first-order chi connectivity index (χ1) is 13.5. The zero-order chi connectivity index (χ0) is 18.7. The number of hydrogen-bond donors (Lipinski definition) is 2. The first-order valence-corrected chi connectivity index (χ1v) is 12.1. The third-order valence-corrected chi connectivity index (χ3v) is 10.3. The second-order valence-corrected chi connectivity index (χ2v) is 12.3. The van der Waals surface area contributed by atoms with E-state index in [2.05, 4.69) is 0 Å². The molecule has 8 aliphatic rings. The second kappa shape index (κ2) is 5.29. The number of rotatable bonds is 2. The van der Waals surface area contributed by atoms with Gasteiger partial charge in [0, 0.05) is 0 Å². The molecule has 2 N–H and O–H groups in total. The van der Waals surface area contributed by atoms with E-state index >= 15 is 0 Å². The minimum atomic E-state index is 0.124. The predicted octanol–water partition coefficient (Wildman–Crippen LogP) is 6.03. The van der Waals surface area contributed by atoms with E-state index in [1.807, 2.05) is 12.1 Å². The van der Waals surface area contributed by atoms with Crippen LogP contribution in [-0.2, 0) is 10.8 Å². The van der Waals surface area contributed by atoms with Gasteiger partial charge in [-0.05, 0) is 147 Å². The fourth-order valence-corrected chi connectivity index (χ4v) is 10.3. The van der Waals surface area contributed by atoms with Crippen LogP contribution in [0.4, 0.5) is 0 Å². The van der Waals surface area contributed by atoms with Gasteiger partial charge in [0.1, 0.15) is 0 Å². The van der Waals surface area contributed by atoms with Gasteiger partial charge in [0.2, 0.25) is 0 Å². The monoisotopic (exact) mass is 378 g/mol. The molecule has 150 valence electrons. The largest absolute Gasteiger partial charge is 0.504 e. The molecule has 0 saturated heterocycles. The van der Waals surface area contributed by atoms with Crippen molar-refractivity contribution in [2.75, 3.05) is 0 Å². The molecule has 0 aliphatic heterocycles. The summed E-state index contributed by atoms with van der Waals surface area (Å²) in [6.07, 6.45) is 16.7. The number of benzene rings is 1. The van der Waals surface area contributed by atoms with Crippen LogP contribution in [-0.4, -0.2) is 10.2 Å². The summed E-state index contributed by atoms with van der Waals surface area (Å²) in [5, 5.41) is 21.1. The molecule has 1 aromatic rings. The number of phenolic OH excluding ortho intramolecular Hbond substituents is 2. The maximum Gasteiger partial charge on any atom is 0.157 e. The van der Waals surface area contributed by atoms with Crippen molar-refractivity contribution in [2.45, 2.75) is 87.9 Å². The molecule has 8 saturated carbocycles. The average molecular weight is 379 g/mol. The predicted molar refractivity (Wildman–Crippen MR) is 109 cm³/mol. The van der Waals surface area contributed by atoms with Gasteiger partial charge in [0.25, 0.3) is 0 Å². The van der Waals surface area contributed by atoms with Gasteiger partial charge in [-0.25, -0.2) is 0 Å². The smallest absolute Gasteiger partial charge is 0.157 e. The van der Waals surface area contributed by atoms with Crippen LogP contribution >= 0.6 is 0 Å². The zero-order valence-electron chi connectivity index (χ0n) is 17.0. The van der Waals surface area contributed by atoms with Crippen LogP contribution in [0, 0.1) is 35.5 Å². The summed E-state index contributed by atoms with van der Waals surface area (Å²) in [7, 11) is 0. The molecule has 0 aromatic heterocycles. The van der Waals surface area contributed by atoms with Gasteiger partial charge in [-0.15, -0.1) is 0 Å². The van der Waals surface area contributed by atoms with Crippen molar-refractivity contribution >= 4 is 0 Å². The molecule has 2 nitrogen and oxygen atoms in total.